The van der Waals surface area contributed by atoms with Crippen LogP contribution in [0.5, 0.6) is 5.75 Å². The Labute approximate surface area is 247 Å². The molecular formula is C31H41N5O6. The molecule has 3 amide bonds. The van der Waals surface area contributed by atoms with E-state index in [-0.39, 0.29) is 37.2 Å². The number of nitrogens with one attached hydrogen (secondary N) is 2. The van der Waals surface area contributed by atoms with E-state index in [1.807, 2.05) is 43.3 Å². The van der Waals surface area contributed by atoms with Crippen molar-refractivity contribution in [1.82, 2.24) is 20.4 Å². The molecule has 0 aromatic heterocycles. The summed E-state index contributed by atoms with van der Waals surface area (Å²) in [5.41, 5.74) is 2.27. The number of rotatable bonds is 9. The van der Waals surface area contributed by atoms with Crippen molar-refractivity contribution in [3.8, 4) is 5.75 Å². The molecule has 2 atom stereocenters. The van der Waals surface area contributed by atoms with Crippen LogP contribution in [-0.2, 0) is 25.5 Å². The average Bonchev–Trinajstić information content (AvgIpc) is 3.03. The zero-order chi connectivity index (χ0) is 30.2. The van der Waals surface area contributed by atoms with Crippen LogP contribution in [0, 0.1) is 5.92 Å². The Kier molecular flexibility index (Phi) is 10.4. The van der Waals surface area contributed by atoms with Gasteiger partial charge >= 0.3 is 5.97 Å². The number of piperazine rings is 1. The van der Waals surface area contributed by atoms with Crippen molar-refractivity contribution in [1.29, 1.82) is 0 Å². The lowest BCUT2D eigenvalue weighted by molar-refractivity contribution is -0.149. The van der Waals surface area contributed by atoms with Crippen molar-refractivity contribution in [3.63, 3.8) is 0 Å². The van der Waals surface area contributed by atoms with Gasteiger partial charge < -0.3 is 34.8 Å². The number of nitrogens with zero attached hydrogens (tertiary/aromatic N) is 3. The van der Waals surface area contributed by atoms with Gasteiger partial charge in [-0.25, -0.2) is 4.79 Å². The molecule has 2 aromatic rings. The normalized spacial score (nSPS) is 18.1. The van der Waals surface area contributed by atoms with Crippen molar-refractivity contribution in [2.45, 2.75) is 31.3 Å². The molecule has 2 aliphatic heterocycles. The summed E-state index contributed by atoms with van der Waals surface area (Å²) in [5.74, 6) is -0.925. The summed E-state index contributed by atoms with van der Waals surface area (Å²) in [4.78, 5) is 58.9. The number of ether oxygens (including phenoxy) is 2. The second-order valence-electron chi connectivity index (χ2n) is 10.9. The van der Waals surface area contributed by atoms with Crippen LogP contribution in [0.1, 0.15) is 28.8 Å². The van der Waals surface area contributed by atoms with Gasteiger partial charge in [0.05, 0.1) is 20.8 Å². The lowest BCUT2D eigenvalue weighted by Crippen LogP contribution is -2.64. The average molecular weight is 580 g/mol. The van der Waals surface area contributed by atoms with Gasteiger partial charge in [0.25, 0.3) is 5.91 Å². The lowest BCUT2D eigenvalue weighted by atomic mass is 9.95. The number of piperidine rings is 1. The second-order valence-corrected chi connectivity index (χ2v) is 10.9. The molecule has 11 heteroatoms. The van der Waals surface area contributed by atoms with E-state index < -0.39 is 24.0 Å². The Morgan fingerprint density at radius 1 is 0.976 bits per heavy atom. The van der Waals surface area contributed by atoms with E-state index >= 15 is 0 Å². The summed E-state index contributed by atoms with van der Waals surface area (Å²) in [6.45, 7) is 2.03. The SMILES string of the molecule is COC(=O)[C@H](Cc1ccc(OC)cc1)NC(=O)[C@H]1CN(C(=O)c2ccc(N(C)C)cc2)CCN1C(=O)C1CCNCC1. The molecule has 0 radical (unpaired) electrons. The van der Waals surface area contributed by atoms with Crippen LogP contribution in [0.15, 0.2) is 48.5 Å². The van der Waals surface area contributed by atoms with E-state index in [4.69, 9.17) is 9.47 Å². The molecule has 11 nitrogen and oxygen atoms in total. The van der Waals surface area contributed by atoms with Crippen LogP contribution in [0.4, 0.5) is 5.69 Å². The molecule has 2 saturated heterocycles. The maximum Gasteiger partial charge on any atom is 0.328 e. The van der Waals surface area contributed by atoms with Crippen LogP contribution >= 0.6 is 0 Å². The first kappa shape index (κ1) is 30.8. The fourth-order valence-electron chi connectivity index (χ4n) is 5.44. The molecule has 2 aliphatic rings. The predicted octanol–water partition coefficient (Wildman–Crippen LogP) is 1.31. The number of amides is 3. The van der Waals surface area contributed by atoms with E-state index in [1.54, 1.807) is 41.2 Å². The minimum atomic E-state index is -0.976. The smallest absolute Gasteiger partial charge is 0.328 e. The third kappa shape index (κ3) is 7.39. The van der Waals surface area contributed by atoms with Crippen LogP contribution < -0.4 is 20.3 Å². The zero-order valence-electron chi connectivity index (χ0n) is 24.8. The second kappa shape index (κ2) is 14.2. The van der Waals surface area contributed by atoms with Gasteiger partial charge in [-0.3, -0.25) is 14.4 Å². The molecule has 42 heavy (non-hydrogen) atoms. The van der Waals surface area contributed by atoms with Gasteiger partial charge in [-0.1, -0.05) is 12.1 Å². The third-order valence-corrected chi connectivity index (χ3v) is 7.97. The van der Waals surface area contributed by atoms with Crippen LogP contribution in [0.25, 0.3) is 0 Å². The summed E-state index contributed by atoms with van der Waals surface area (Å²) < 4.78 is 10.2. The number of methoxy groups -OCH3 is 2. The summed E-state index contributed by atoms with van der Waals surface area (Å²) in [5, 5.41) is 6.09. The molecule has 0 unspecified atom stereocenters. The van der Waals surface area contributed by atoms with Crippen LogP contribution in [-0.4, -0.2) is 107 Å². The highest BCUT2D eigenvalue weighted by Crippen LogP contribution is 2.22. The Balaban J connectivity index is 1.55. The molecule has 0 bridgehead atoms. The Morgan fingerprint density at radius 3 is 2.24 bits per heavy atom. The van der Waals surface area contributed by atoms with Crippen molar-refractivity contribution < 1.29 is 28.7 Å². The van der Waals surface area contributed by atoms with E-state index in [1.165, 1.54) is 7.11 Å². The highest BCUT2D eigenvalue weighted by molar-refractivity contribution is 5.96. The number of carbonyl (C=O) groups is 4. The number of anilines is 1. The van der Waals surface area contributed by atoms with Crippen molar-refractivity contribution in [3.05, 3.63) is 59.7 Å². The van der Waals surface area contributed by atoms with Crippen molar-refractivity contribution in [2.75, 3.05) is 65.9 Å². The maximum absolute atomic E-state index is 13.9. The molecule has 4 rings (SSSR count). The monoisotopic (exact) mass is 579 g/mol. The molecule has 226 valence electrons. The quantitative estimate of drug-likeness (QED) is 0.427. The van der Waals surface area contributed by atoms with Crippen LogP contribution in [0.3, 0.4) is 0 Å². The lowest BCUT2D eigenvalue weighted by Gasteiger charge is -2.42. The minimum absolute atomic E-state index is 0.0211. The molecule has 2 fully saturated rings. The molecular weight excluding hydrogens is 538 g/mol. The molecule has 2 aromatic carbocycles. The largest absolute Gasteiger partial charge is 0.497 e. The van der Waals surface area contributed by atoms with Gasteiger partial charge in [-0.15, -0.1) is 0 Å². The fourth-order valence-corrected chi connectivity index (χ4v) is 5.44. The summed E-state index contributed by atoms with van der Waals surface area (Å²) in [6.07, 6.45) is 1.57. The predicted molar refractivity (Wildman–Crippen MR) is 158 cm³/mol. The first-order chi connectivity index (χ1) is 20.2. The topological polar surface area (TPSA) is 121 Å². The van der Waals surface area contributed by atoms with Crippen molar-refractivity contribution >= 4 is 29.4 Å². The van der Waals surface area contributed by atoms with Gasteiger partial charge in [-0.2, -0.15) is 0 Å². The Hall–Kier alpha value is -4.12. The fraction of sp³-hybridized carbons (Fsp3) is 0.484. The van der Waals surface area contributed by atoms with E-state index in [2.05, 4.69) is 10.6 Å². The first-order valence-electron chi connectivity index (χ1n) is 14.3. The summed E-state index contributed by atoms with van der Waals surface area (Å²) in [6, 6.07) is 12.5. The highest BCUT2D eigenvalue weighted by Gasteiger charge is 2.40. The highest BCUT2D eigenvalue weighted by atomic mass is 16.5. The van der Waals surface area contributed by atoms with Gasteiger partial charge in [0, 0.05) is 50.8 Å². The van der Waals surface area contributed by atoms with Gasteiger partial charge in [0.15, 0.2) is 0 Å². The maximum atomic E-state index is 13.9. The Bertz CT molecular complexity index is 1240. The van der Waals surface area contributed by atoms with E-state index in [9.17, 15) is 19.2 Å². The number of benzene rings is 2. The standard InChI is InChI=1S/C31H41N5O6/c1-34(2)24-9-7-22(8-10-24)29(38)35-17-18-36(30(39)23-13-15-32-16-14-23)27(20-35)28(37)33-26(31(40)42-4)19-21-5-11-25(41-3)12-6-21/h5-12,23,26-27,32H,13-20H2,1-4H3,(H,33,37)/t26-,27+/m0/s1. The van der Waals surface area contributed by atoms with Crippen LogP contribution in [0.2, 0.25) is 0 Å². The van der Waals surface area contributed by atoms with Gasteiger partial charge in [0.1, 0.15) is 17.8 Å². The van der Waals surface area contributed by atoms with Gasteiger partial charge in [0.2, 0.25) is 11.8 Å². The van der Waals surface area contributed by atoms with Gasteiger partial charge in [-0.05, 0) is 67.9 Å². The van der Waals surface area contributed by atoms with E-state index in [0.29, 0.717) is 30.7 Å². The molecule has 2 N–H and O–H groups in total. The summed E-state index contributed by atoms with van der Waals surface area (Å²) in [7, 11) is 6.69. The van der Waals surface area contributed by atoms with E-state index in [0.717, 1.165) is 24.3 Å². The zero-order valence-corrected chi connectivity index (χ0v) is 24.8. The summed E-state index contributed by atoms with van der Waals surface area (Å²) >= 11 is 0. The number of carbonyl (C=O) groups excluding carboxylic acids is 4. The molecule has 0 aliphatic carbocycles. The number of esters is 1. The number of hydrogen-bond donors (Lipinski definition) is 2. The molecule has 0 saturated carbocycles. The minimum Gasteiger partial charge on any atom is -0.497 e. The first-order valence-corrected chi connectivity index (χ1v) is 14.3. The molecule has 2 heterocycles. The third-order valence-electron chi connectivity index (χ3n) is 7.97. The number of hydrogen-bond acceptors (Lipinski definition) is 8. The Morgan fingerprint density at radius 2 is 1.64 bits per heavy atom. The van der Waals surface area contributed by atoms with Crippen molar-refractivity contribution in [2.24, 2.45) is 5.92 Å². The molecule has 0 spiro atoms.